The van der Waals surface area contributed by atoms with Crippen molar-refractivity contribution in [2.75, 3.05) is 13.1 Å². The van der Waals surface area contributed by atoms with Gasteiger partial charge in [-0.05, 0) is 37.1 Å². The number of carbonyl (C=O) groups is 1. The average Bonchev–Trinajstić information content (AvgIpc) is 3.15. The van der Waals surface area contributed by atoms with E-state index in [9.17, 15) is 13.2 Å². The maximum atomic E-state index is 12.5. The van der Waals surface area contributed by atoms with E-state index in [0.29, 0.717) is 43.0 Å². The van der Waals surface area contributed by atoms with Crippen LogP contribution in [0, 0.1) is 18.3 Å². The van der Waals surface area contributed by atoms with Crippen LogP contribution in [0.5, 0.6) is 0 Å². The fourth-order valence-corrected chi connectivity index (χ4v) is 5.51. The molecule has 0 atom stereocenters. The van der Waals surface area contributed by atoms with Crippen molar-refractivity contribution in [1.82, 2.24) is 9.62 Å². The van der Waals surface area contributed by atoms with Crippen molar-refractivity contribution < 1.29 is 13.2 Å². The predicted octanol–water partition coefficient (Wildman–Crippen LogP) is 2.46. The molecule has 1 amide bonds. The van der Waals surface area contributed by atoms with E-state index in [1.165, 1.54) is 15.6 Å². The van der Waals surface area contributed by atoms with Gasteiger partial charge in [-0.1, -0.05) is 25.8 Å². The second kappa shape index (κ2) is 7.68. The van der Waals surface area contributed by atoms with Gasteiger partial charge in [-0.25, -0.2) is 8.42 Å². The summed E-state index contributed by atoms with van der Waals surface area (Å²) in [5, 5.41) is 4.74. The summed E-state index contributed by atoms with van der Waals surface area (Å²) < 4.78 is 26.8. The Morgan fingerprint density at radius 2 is 2.04 bits per heavy atom. The molecule has 1 aromatic rings. The number of amides is 1. The first-order chi connectivity index (χ1) is 11.4. The molecule has 7 heteroatoms. The molecule has 0 saturated carbocycles. The summed E-state index contributed by atoms with van der Waals surface area (Å²) in [5.74, 6) is 2.45. The summed E-state index contributed by atoms with van der Waals surface area (Å²) >= 11 is 1.22. The Balaban J connectivity index is 1.98. The second-order valence-corrected chi connectivity index (χ2v) is 9.15. The van der Waals surface area contributed by atoms with E-state index in [4.69, 9.17) is 6.42 Å². The number of hydrogen-bond donors (Lipinski definition) is 1. The molecule has 2 heterocycles. The molecule has 1 aromatic heterocycles. The summed E-state index contributed by atoms with van der Waals surface area (Å²) in [7, 11) is -3.43. The van der Waals surface area contributed by atoms with Crippen molar-refractivity contribution in [3.05, 3.63) is 17.5 Å². The molecule has 0 aromatic carbocycles. The number of sulfonamides is 1. The number of nitrogens with zero attached hydrogens (tertiary/aromatic N) is 1. The zero-order valence-corrected chi connectivity index (χ0v) is 15.8. The molecular weight excluding hydrogens is 344 g/mol. The molecule has 2 rings (SSSR count). The topological polar surface area (TPSA) is 66.5 Å². The molecule has 0 radical (unpaired) electrons. The van der Waals surface area contributed by atoms with Gasteiger partial charge in [-0.3, -0.25) is 4.79 Å². The van der Waals surface area contributed by atoms with Crippen molar-refractivity contribution in [2.45, 2.75) is 49.3 Å². The molecule has 5 nitrogen and oxygen atoms in total. The van der Waals surface area contributed by atoms with Crippen molar-refractivity contribution in [3.63, 3.8) is 0 Å². The largest absolute Gasteiger partial charge is 0.340 e. The fourth-order valence-electron chi connectivity index (χ4n) is 2.90. The van der Waals surface area contributed by atoms with E-state index in [2.05, 4.69) is 11.2 Å². The molecule has 0 unspecified atom stereocenters. The van der Waals surface area contributed by atoms with Crippen LogP contribution in [0.4, 0.5) is 0 Å². The van der Waals surface area contributed by atoms with Gasteiger partial charge in [-0.15, -0.1) is 17.8 Å². The number of thiophene rings is 1. The van der Waals surface area contributed by atoms with E-state index in [0.717, 1.165) is 0 Å². The molecule has 0 spiro atoms. The highest BCUT2D eigenvalue weighted by Gasteiger charge is 2.35. The highest BCUT2D eigenvalue weighted by Crippen LogP contribution is 2.27. The number of hydrogen-bond acceptors (Lipinski definition) is 4. The van der Waals surface area contributed by atoms with Crippen LogP contribution in [0.15, 0.2) is 21.7 Å². The second-order valence-electron chi connectivity index (χ2n) is 6.03. The van der Waals surface area contributed by atoms with Gasteiger partial charge >= 0.3 is 0 Å². The van der Waals surface area contributed by atoms with Gasteiger partial charge in [0.2, 0.25) is 5.91 Å². The Morgan fingerprint density at radius 3 is 2.50 bits per heavy atom. The first-order valence-electron chi connectivity index (χ1n) is 8.22. The number of piperidine rings is 1. The number of rotatable bonds is 6. The Bertz CT molecular complexity index is 693. The predicted molar refractivity (Wildman–Crippen MR) is 96.1 cm³/mol. The highest BCUT2D eigenvalue weighted by atomic mass is 32.2. The number of terminal acetylenes is 1. The van der Waals surface area contributed by atoms with Gasteiger partial charge in [0.15, 0.2) is 0 Å². The van der Waals surface area contributed by atoms with E-state index in [-0.39, 0.29) is 11.8 Å². The molecule has 24 heavy (non-hydrogen) atoms. The SMILES string of the molecule is C#CC(CC)(CC)NC(=O)C1CCN(S(=O)(=O)c2cccs2)CC1. The lowest BCUT2D eigenvalue weighted by atomic mass is 9.90. The lowest BCUT2D eigenvalue weighted by Gasteiger charge is -2.33. The summed E-state index contributed by atoms with van der Waals surface area (Å²) in [6, 6.07) is 3.34. The standard InChI is InChI=1S/C17H24N2O3S2/c1-4-17(5-2,6-3)18-16(20)14-9-11-19(12-10-14)24(21,22)15-8-7-13-23-15/h1,7-8,13-14H,5-6,9-12H2,2-3H3,(H,18,20). The minimum absolute atomic E-state index is 0.0650. The van der Waals surface area contributed by atoms with E-state index in [1.54, 1.807) is 17.5 Å². The lowest BCUT2D eigenvalue weighted by Crippen LogP contribution is -2.51. The van der Waals surface area contributed by atoms with E-state index in [1.807, 2.05) is 13.8 Å². The fraction of sp³-hybridized carbons (Fsp3) is 0.588. The smallest absolute Gasteiger partial charge is 0.252 e. The third-order valence-electron chi connectivity index (χ3n) is 4.76. The van der Waals surface area contributed by atoms with Gasteiger partial charge in [0, 0.05) is 19.0 Å². The zero-order valence-electron chi connectivity index (χ0n) is 14.1. The van der Waals surface area contributed by atoms with Crippen LogP contribution in [0.1, 0.15) is 39.5 Å². The van der Waals surface area contributed by atoms with Crippen LogP contribution >= 0.6 is 11.3 Å². The molecule has 1 saturated heterocycles. The van der Waals surface area contributed by atoms with Crippen LogP contribution < -0.4 is 5.32 Å². The van der Waals surface area contributed by atoms with E-state index < -0.39 is 15.6 Å². The van der Waals surface area contributed by atoms with Crippen molar-refractivity contribution in [1.29, 1.82) is 0 Å². The molecule has 0 aliphatic carbocycles. The van der Waals surface area contributed by atoms with Gasteiger partial charge in [-0.2, -0.15) is 4.31 Å². The van der Waals surface area contributed by atoms with Crippen LogP contribution in [0.25, 0.3) is 0 Å². The Labute approximate surface area is 148 Å². The normalized spacial score (nSPS) is 17.4. The van der Waals surface area contributed by atoms with E-state index >= 15 is 0 Å². The molecule has 1 fully saturated rings. The lowest BCUT2D eigenvalue weighted by molar-refractivity contribution is -0.127. The van der Waals surface area contributed by atoms with Gasteiger partial charge in [0.05, 0.1) is 0 Å². The first kappa shape index (κ1) is 19.0. The summed E-state index contributed by atoms with van der Waals surface area (Å²) in [6.07, 6.45) is 7.98. The highest BCUT2D eigenvalue weighted by molar-refractivity contribution is 7.91. The van der Waals surface area contributed by atoms with Crippen LogP contribution in [0.3, 0.4) is 0 Å². The number of carbonyl (C=O) groups excluding carboxylic acids is 1. The minimum atomic E-state index is -3.43. The maximum absolute atomic E-state index is 12.5. The quantitative estimate of drug-likeness (QED) is 0.785. The Morgan fingerprint density at radius 1 is 1.42 bits per heavy atom. The zero-order chi connectivity index (χ0) is 17.8. The van der Waals surface area contributed by atoms with Crippen molar-refractivity contribution >= 4 is 27.3 Å². The summed E-state index contributed by atoms with van der Waals surface area (Å²) in [5.41, 5.74) is -0.600. The molecule has 1 aliphatic rings. The van der Waals surface area contributed by atoms with Crippen molar-refractivity contribution in [2.24, 2.45) is 5.92 Å². The Hall–Kier alpha value is -1.36. The van der Waals surface area contributed by atoms with Gasteiger partial charge in [0.1, 0.15) is 9.75 Å². The molecule has 0 bridgehead atoms. The maximum Gasteiger partial charge on any atom is 0.252 e. The van der Waals surface area contributed by atoms with Crippen LogP contribution in [0.2, 0.25) is 0 Å². The minimum Gasteiger partial charge on any atom is -0.340 e. The third-order valence-corrected chi connectivity index (χ3v) is 8.03. The summed E-state index contributed by atoms with van der Waals surface area (Å²) in [4.78, 5) is 12.5. The summed E-state index contributed by atoms with van der Waals surface area (Å²) in [6.45, 7) is 4.64. The third kappa shape index (κ3) is 3.82. The molecule has 1 N–H and O–H groups in total. The average molecular weight is 369 g/mol. The molecule has 1 aliphatic heterocycles. The first-order valence-corrected chi connectivity index (χ1v) is 10.5. The number of nitrogens with one attached hydrogen (secondary N) is 1. The van der Waals surface area contributed by atoms with Crippen molar-refractivity contribution in [3.8, 4) is 12.3 Å². The monoisotopic (exact) mass is 368 g/mol. The van der Waals surface area contributed by atoms with Crippen LogP contribution in [-0.2, 0) is 14.8 Å². The van der Waals surface area contributed by atoms with Gasteiger partial charge < -0.3 is 5.32 Å². The van der Waals surface area contributed by atoms with Gasteiger partial charge in [0.25, 0.3) is 10.0 Å². The van der Waals surface area contributed by atoms with Crippen LogP contribution in [-0.4, -0.2) is 37.3 Å². The Kier molecular flexibility index (Phi) is 6.07. The molecule has 132 valence electrons. The molecular formula is C17H24N2O3S2.